The van der Waals surface area contributed by atoms with Crippen molar-refractivity contribution in [2.75, 3.05) is 6.61 Å². The third-order valence-electron chi connectivity index (χ3n) is 6.97. The fourth-order valence-electron chi connectivity index (χ4n) is 5.02. The Kier molecular flexibility index (Phi) is 6.68. The molecule has 0 radical (unpaired) electrons. The molecule has 2 N–H and O–H groups in total. The molecule has 1 atom stereocenters. The molecule has 1 heterocycles. The van der Waals surface area contributed by atoms with Crippen molar-refractivity contribution in [2.24, 2.45) is 11.3 Å². The summed E-state index contributed by atoms with van der Waals surface area (Å²) < 4.78 is 5.40. The van der Waals surface area contributed by atoms with Gasteiger partial charge in [-0.2, -0.15) is 0 Å². The van der Waals surface area contributed by atoms with Gasteiger partial charge in [0.05, 0.1) is 11.1 Å². The molecule has 1 aromatic heterocycles. The molecule has 176 valence electrons. The number of ether oxygens (including phenoxy) is 1. The summed E-state index contributed by atoms with van der Waals surface area (Å²) in [6.45, 7) is 6.15. The fraction of sp³-hybridized carbons (Fsp3) is 0.538. The number of hydrogen-bond acceptors (Lipinski definition) is 5. The Hall–Kier alpha value is -2.96. The van der Waals surface area contributed by atoms with E-state index in [9.17, 15) is 14.4 Å². The first-order chi connectivity index (χ1) is 15.7. The molecular weight excluding hydrogens is 418 g/mol. The van der Waals surface area contributed by atoms with Crippen LogP contribution in [0.1, 0.15) is 74.5 Å². The molecule has 1 unspecified atom stereocenters. The lowest BCUT2D eigenvalue weighted by Crippen LogP contribution is -2.45. The number of aromatic nitrogens is 1. The number of nitrogens with zero attached hydrogens (tertiary/aromatic N) is 1. The van der Waals surface area contributed by atoms with E-state index in [2.05, 4.69) is 31.4 Å². The molecule has 7 nitrogen and oxygen atoms in total. The number of amides is 3. The summed E-state index contributed by atoms with van der Waals surface area (Å²) in [7, 11) is 0. The minimum atomic E-state index is -0.640. The smallest absolute Gasteiger partial charge is 0.339 e. The molecule has 2 aliphatic carbocycles. The van der Waals surface area contributed by atoms with Gasteiger partial charge < -0.3 is 10.1 Å². The molecule has 1 saturated carbocycles. The standard InChI is InChI=1S/C26H33N3O4/c1-26(2,3)16-12-13-21-19(14-16)23(18-10-6-7-11-20(18)28-21)24(31)33-15-22(30)29-25(32)27-17-8-4-5-9-17/h6-7,10-11,16-17H,4-5,8-9,12-15H2,1-3H3,(H2,27,29,30,32). The molecule has 0 saturated heterocycles. The summed E-state index contributed by atoms with van der Waals surface area (Å²) in [6.07, 6.45) is 6.59. The van der Waals surface area contributed by atoms with Gasteiger partial charge in [-0.25, -0.2) is 9.59 Å². The van der Waals surface area contributed by atoms with Crippen molar-refractivity contribution in [2.45, 2.75) is 71.8 Å². The quantitative estimate of drug-likeness (QED) is 0.675. The van der Waals surface area contributed by atoms with Gasteiger partial charge in [-0.05, 0) is 55.1 Å². The molecule has 0 spiro atoms. The Balaban J connectivity index is 1.50. The molecular formula is C26H33N3O4. The van der Waals surface area contributed by atoms with Crippen molar-refractivity contribution in [3.8, 4) is 0 Å². The molecule has 0 aliphatic heterocycles. The maximum atomic E-state index is 13.2. The van der Waals surface area contributed by atoms with Crippen molar-refractivity contribution in [3.05, 3.63) is 41.1 Å². The van der Waals surface area contributed by atoms with Crippen LogP contribution in [0.25, 0.3) is 10.9 Å². The van der Waals surface area contributed by atoms with E-state index in [-0.39, 0.29) is 11.5 Å². The largest absolute Gasteiger partial charge is 0.452 e. The van der Waals surface area contributed by atoms with Crippen LogP contribution >= 0.6 is 0 Å². The van der Waals surface area contributed by atoms with E-state index in [1.807, 2.05) is 24.3 Å². The highest BCUT2D eigenvalue weighted by atomic mass is 16.5. The lowest BCUT2D eigenvalue weighted by atomic mass is 9.70. The number of aryl methyl sites for hydroxylation is 1. The molecule has 7 heteroatoms. The summed E-state index contributed by atoms with van der Waals surface area (Å²) in [5.41, 5.74) is 3.20. The summed E-state index contributed by atoms with van der Waals surface area (Å²) in [5.74, 6) is -0.772. The minimum Gasteiger partial charge on any atom is -0.452 e. The van der Waals surface area contributed by atoms with Gasteiger partial charge >= 0.3 is 12.0 Å². The number of pyridine rings is 1. The molecule has 4 rings (SSSR count). The van der Waals surface area contributed by atoms with Crippen molar-refractivity contribution in [1.82, 2.24) is 15.6 Å². The van der Waals surface area contributed by atoms with Crippen molar-refractivity contribution in [3.63, 3.8) is 0 Å². The maximum absolute atomic E-state index is 13.2. The molecule has 0 bridgehead atoms. The van der Waals surface area contributed by atoms with Gasteiger partial charge in [-0.1, -0.05) is 51.8 Å². The van der Waals surface area contributed by atoms with Crippen LogP contribution in [-0.2, 0) is 22.4 Å². The molecule has 33 heavy (non-hydrogen) atoms. The lowest BCUT2D eigenvalue weighted by molar-refractivity contribution is -0.123. The van der Waals surface area contributed by atoms with Crippen LogP contribution < -0.4 is 10.6 Å². The number of esters is 1. The van der Waals surface area contributed by atoms with Crippen LogP contribution in [0.4, 0.5) is 4.79 Å². The molecule has 1 aromatic carbocycles. The first-order valence-electron chi connectivity index (χ1n) is 11.9. The number of urea groups is 1. The molecule has 2 aliphatic rings. The van der Waals surface area contributed by atoms with E-state index < -0.39 is 24.5 Å². The van der Waals surface area contributed by atoms with Gasteiger partial charge in [-0.15, -0.1) is 0 Å². The normalized spacial score (nSPS) is 18.6. The van der Waals surface area contributed by atoms with Gasteiger partial charge in [0, 0.05) is 17.1 Å². The van der Waals surface area contributed by atoms with Crippen LogP contribution in [-0.4, -0.2) is 35.5 Å². The second kappa shape index (κ2) is 9.49. The monoisotopic (exact) mass is 451 g/mol. The van der Waals surface area contributed by atoms with Gasteiger partial charge in [0.2, 0.25) is 0 Å². The summed E-state index contributed by atoms with van der Waals surface area (Å²) >= 11 is 0. The van der Waals surface area contributed by atoms with Crippen LogP contribution in [0.5, 0.6) is 0 Å². The number of carbonyl (C=O) groups is 3. The van der Waals surface area contributed by atoms with E-state index >= 15 is 0 Å². The van der Waals surface area contributed by atoms with E-state index in [0.717, 1.165) is 67.1 Å². The van der Waals surface area contributed by atoms with Gasteiger partial charge in [0.15, 0.2) is 6.61 Å². The first-order valence-corrected chi connectivity index (χ1v) is 11.9. The van der Waals surface area contributed by atoms with E-state index in [4.69, 9.17) is 9.72 Å². The van der Waals surface area contributed by atoms with E-state index in [1.54, 1.807) is 0 Å². The number of imide groups is 1. The third kappa shape index (κ3) is 5.34. The van der Waals surface area contributed by atoms with Crippen LogP contribution in [0.3, 0.4) is 0 Å². The SMILES string of the molecule is CC(C)(C)C1CCc2nc3ccccc3c(C(=O)OCC(=O)NC(=O)NC3CCCC3)c2C1. The second-order valence-electron chi connectivity index (χ2n) is 10.3. The highest BCUT2D eigenvalue weighted by Crippen LogP contribution is 2.39. The highest BCUT2D eigenvalue weighted by Gasteiger charge is 2.33. The predicted octanol–water partition coefficient (Wildman–Crippen LogP) is 4.31. The highest BCUT2D eigenvalue weighted by molar-refractivity contribution is 6.06. The average molecular weight is 452 g/mol. The number of fused-ring (bicyclic) bond motifs is 2. The van der Waals surface area contributed by atoms with Gasteiger partial charge in [0.25, 0.3) is 5.91 Å². The third-order valence-corrected chi connectivity index (χ3v) is 6.97. The van der Waals surface area contributed by atoms with Crippen LogP contribution in [0.2, 0.25) is 0 Å². The average Bonchev–Trinajstić information content (AvgIpc) is 3.27. The summed E-state index contributed by atoms with van der Waals surface area (Å²) in [4.78, 5) is 42.3. The summed E-state index contributed by atoms with van der Waals surface area (Å²) in [5, 5.41) is 5.79. The molecule has 3 amide bonds. The van der Waals surface area contributed by atoms with Crippen LogP contribution in [0.15, 0.2) is 24.3 Å². The first kappa shape index (κ1) is 23.2. The zero-order valence-corrected chi connectivity index (χ0v) is 19.7. The van der Waals surface area contributed by atoms with Gasteiger partial charge in [0.1, 0.15) is 0 Å². The number of benzene rings is 1. The molecule has 1 fully saturated rings. The van der Waals surface area contributed by atoms with Crippen molar-refractivity contribution < 1.29 is 19.1 Å². The maximum Gasteiger partial charge on any atom is 0.339 e. The van der Waals surface area contributed by atoms with E-state index in [1.165, 1.54) is 0 Å². The number of para-hydroxylation sites is 1. The Morgan fingerprint density at radius 2 is 1.82 bits per heavy atom. The van der Waals surface area contributed by atoms with Crippen molar-refractivity contribution >= 4 is 28.8 Å². The fourth-order valence-corrected chi connectivity index (χ4v) is 5.02. The minimum absolute atomic E-state index is 0.103. The number of nitrogens with one attached hydrogen (secondary N) is 2. The lowest BCUT2D eigenvalue weighted by Gasteiger charge is -2.35. The zero-order valence-electron chi connectivity index (χ0n) is 19.7. The number of hydrogen-bond donors (Lipinski definition) is 2. The second-order valence-corrected chi connectivity index (χ2v) is 10.3. The predicted molar refractivity (Wildman–Crippen MR) is 126 cm³/mol. The Morgan fingerprint density at radius 1 is 1.09 bits per heavy atom. The number of carbonyl (C=O) groups excluding carboxylic acids is 3. The number of rotatable bonds is 4. The summed E-state index contributed by atoms with van der Waals surface area (Å²) in [6, 6.07) is 7.09. The van der Waals surface area contributed by atoms with Crippen molar-refractivity contribution in [1.29, 1.82) is 0 Å². The molecule has 2 aromatic rings. The zero-order chi connectivity index (χ0) is 23.6. The Morgan fingerprint density at radius 3 is 2.55 bits per heavy atom. The Labute approximate surface area is 194 Å². The van der Waals surface area contributed by atoms with E-state index in [0.29, 0.717) is 11.5 Å². The Bertz CT molecular complexity index is 1070. The van der Waals surface area contributed by atoms with Crippen LogP contribution in [0, 0.1) is 11.3 Å². The van der Waals surface area contributed by atoms with Gasteiger partial charge in [-0.3, -0.25) is 15.1 Å². The topological polar surface area (TPSA) is 97.4 Å².